The van der Waals surface area contributed by atoms with Crippen LogP contribution in [-0.2, 0) is 16.3 Å². The first-order valence-corrected chi connectivity index (χ1v) is 5.63. The van der Waals surface area contributed by atoms with Gasteiger partial charge in [0.25, 0.3) is 0 Å². The number of benzene rings is 1. The van der Waals surface area contributed by atoms with Crippen LogP contribution in [0.15, 0.2) is 23.0 Å². The summed E-state index contributed by atoms with van der Waals surface area (Å²) in [6.07, 6.45) is 0. The fourth-order valence-corrected chi connectivity index (χ4v) is 2.43. The lowest BCUT2D eigenvalue weighted by molar-refractivity contribution is -0.144. The SMILES string of the molecule is CC(=O)OCn1c(=O)sc2cc(C)ccc21. The number of hydrogen-bond donors (Lipinski definition) is 0. The second-order valence-corrected chi connectivity index (χ2v) is 4.53. The van der Waals surface area contributed by atoms with Crippen LogP contribution in [0.2, 0.25) is 0 Å². The normalized spacial score (nSPS) is 10.6. The first-order valence-electron chi connectivity index (χ1n) is 4.81. The van der Waals surface area contributed by atoms with Crippen molar-refractivity contribution < 1.29 is 9.53 Å². The molecule has 2 aromatic rings. The summed E-state index contributed by atoms with van der Waals surface area (Å²) in [7, 11) is 0. The first kappa shape index (κ1) is 10.9. The van der Waals surface area contributed by atoms with E-state index in [0.717, 1.165) is 27.1 Å². The summed E-state index contributed by atoms with van der Waals surface area (Å²) in [5.41, 5.74) is 1.91. The molecule has 1 aromatic carbocycles. The van der Waals surface area contributed by atoms with Crippen molar-refractivity contribution in [2.45, 2.75) is 20.6 Å². The van der Waals surface area contributed by atoms with Crippen LogP contribution >= 0.6 is 11.3 Å². The zero-order chi connectivity index (χ0) is 11.7. The summed E-state index contributed by atoms with van der Waals surface area (Å²) in [4.78, 5) is 22.2. The smallest absolute Gasteiger partial charge is 0.310 e. The fourth-order valence-electron chi connectivity index (χ4n) is 1.45. The summed E-state index contributed by atoms with van der Waals surface area (Å²) in [5, 5.41) is 0. The summed E-state index contributed by atoms with van der Waals surface area (Å²) in [6, 6.07) is 5.75. The monoisotopic (exact) mass is 237 g/mol. The Hall–Kier alpha value is -1.62. The van der Waals surface area contributed by atoms with Crippen molar-refractivity contribution in [1.82, 2.24) is 4.57 Å². The molecule has 0 amide bonds. The van der Waals surface area contributed by atoms with E-state index in [-0.39, 0.29) is 11.6 Å². The molecule has 0 N–H and O–H groups in total. The number of fused-ring (bicyclic) bond motifs is 1. The summed E-state index contributed by atoms with van der Waals surface area (Å²) >= 11 is 1.16. The van der Waals surface area contributed by atoms with Gasteiger partial charge in [-0.3, -0.25) is 14.2 Å². The van der Waals surface area contributed by atoms with Crippen LogP contribution in [0.5, 0.6) is 0 Å². The molecule has 1 aromatic heterocycles. The number of carbonyl (C=O) groups is 1. The standard InChI is InChI=1S/C11H11NO3S/c1-7-3-4-9-10(5-7)16-11(14)12(9)6-15-8(2)13/h3-5H,6H2,1-2H3. The molecule has 0 unspecified atom stereocenters. The Balaban J connectivity index is 2.48. The maximum atomic E-state index is 11.7. The van der Waals surface area contributed by atoms with E-state index in [0.29, 0.717) is 0 Å². The largest absolute Gasteiger partial charge is 0.444 e. The molecule has 0 radical (unpaired) electrons. The third-order valence-corrected chi connectivity index (χ3v) is 3.16. The third-order valence-electron chi connectivity index (χ3n) is 2.22. The van der Waals surface area contributed by atoms with Gasteiger partial charge in [0.15, 0.2) is 6.73 Å². The minimum absolute atomic E-state index is 0.0166. The lowest BCUT2D eigenvalue weighted by atomic mass is 10.2. The molecule has 0 saturated heterocycles. The number of nitrogens with zero attached hydrogens (tertiary/aromatic N) is 1. The Morgan fingerprint density at radius 3 is 2.94 bits per heavy atom. The van der Waals surface area contributed by atoms with Gasteiger partial charge in [0.05, 0.1) is 10.2 Å². The Kier molecular flexibility index (Phi) is 2.78. The van der Waals surface area contributed by atoms with Gasteiger partial charge in [0.1, 0.15) is 0 Å². The van der Waals surface area contributed by atoms with Gasteiger partial charge < -0.3 is 4.74 Å². The van der Waals surface area contributed by atoms with E-state index in [1.54, 1.807) is 0 Å². The second-order valence-electron chi connectivity index (χ2n) is 3.53. The topological polar surface area (TPSA) is 48.3 Å². The summed E-state index contributed by atoms with van der Waals surface area (Å²) in [6.45, 7) is 3.28. The fraction of sp³-hybridized carbons (Fsp3) is 0.273. The number of rotatable bonds is 2. The lowest BCUT2D eigenvalue weighted by Gasteiger charge is -2.03. The Morgan fingerprint density at radius 2 is 2.25 bits per heavy atom. The molecule has 0 aliphatic rings. The van der Waals surface area contributed by atoms with Gasteiger partial charge in [-0.2, -0.15) is 0 Å². The van der Waals surface area contributed by atoms with Crippen molar-refractivity contribution in [2.75, 3.05) is 0 Å². The van der Waals surface area contributed by atoms with E-state index in [4.69, 9.17) is 4.74 Å². The van der Waals surface area contributed by atoms with Gasteiger partial charge in [0.2, 0.25) is 0 Å². The molecule has 0 bridgehead atoms. The minimum Gasteiger partial charge on any atom is -0.444 e. The quantitative estimate of drug-likeness (QED) is 0.749. The average Bonchev–Trinajstić information content (AvgIpc) is 2.50. The van der Waals surface area contributed by atoms with Crippen molar-refractivity contribution in [2.24, 2.45) is 0 Å². The van der Waals surface area contributed by atoms with E-state index in [1.165, 1.54) is 11.5 Å². The summed E-state index contributed by atoms with van der Waals surface area (Å²) in [5.74, 6) is -0.390. The molecule has 16 heavy (non-hydrogen) atoms. The van der Waals surface area contributed by atoms with Crippen molar-refractivity contribution >= 4 is 27.5 Å². The van der Waals surface area contributed by atoms with Gasteiger partial charge in [0, 0.05) is 6.92 Å². The van der Waals surface area contributed by atoms with Crippen molar-refractivity contribution in [3.05, 3.63) is 33.4 Å². The van der Waals surface area contributed by atoms with Gasteiger partial charge in [-0.1, -0.05) is 17.4 Å². The maximum Gasteiger partial charge on any atom is 0.310 e. The van der Waals surface area contributed by atoms with Crippen LogP contribution in [0, 0.1) is 6.92 Å². The summed E-state index contributed by atoms with van der Waals surface area (Å²) < 4.78 is 7.21. The van der Waals surface area contributed by atoms with Crippen LogP contribution in [0.3, 0.4) is 0 Å². The van der Waals surface area contributed by atoms with Gasteiger partial charge >= 0.3 is 10.8 Å². The van der Waals surface area contributed by atoms with E-state index in [2.05, 4.69) is 0 Å². The average molecular weight is 237 g/mol. The van der Waals surface area contributed by atoms with E-state index < -0.39 is 5.97 Å². The van der Waals surface area contributed by atoms with Crippen LogP contribution < -0.4 is 4.87 Å². The number of aryl methyl sites for hydroxylation is 1. The molecule has 0 atom stereocenters. The zero-order valence-corrected chi connectivity index (χ0v) is 9.84. The zero-order valence-electron chi connectivity index (χ0n) is 9.02. The van der Waals surface area contributed by atoms with E-state index in [9.17, 15) is 9.59 Å². The number of carbonyl (C=O) groups excluding carboxylic acids is 1. The highest BCUT2D eigenvalue weighted by Gasteiger charge is 2.07. The van der Waals surface area contributed by atoms with Crippen molar-refractivity contribution in [3.63, 3.8) is 0 Å². The molecule has 0 spiro atoms. The van der Waals surface area contributed by atoms with Gasteiger partial charge in [-0.25, -0.2) is 0 Å². The van der Waals surface area contributed by atoms with Crippen molar-refractivity contribution in [1.29, 1.82) is 0 Å². The highest BCUT2D eigenvalue weighted by atomic mass is 32.1. The van der Waals surface area contributed by atoms with Crippen LogP contribution in [0.25, 0.3) is 10.2 Å². The molecular formula is C11H11NO3S. The molecule has 1 heterocycles. The Bertz CT molecular complexity index is 597. The number of aromatic nitrogens is 1. The molecule has 0 saturated carbocycles. The second kappa shape index (κ2) is 4.09. The minimum atomic E-state index is -0.390. The first-order chi connectivity index (χ1) is 7.58. The predicted molar refractivity (Wildman–Crippen MR) is 62.6 cm³/mol. The van der Waals surface area contributed by atoms with Gasteiger partial charge in [-0.05, 0) is 24.6 Å². The molecule has 0 fully saturated rings. The van der Waals surface area contributed by atoms with Crippen LogP contribution in [0.1, 0.15) is 12.5 Å². The number of esters is 1. The molecule has 2 rings (SSSR count). The van der Waals surface area contributed by atoms with Crippen molar-refractivity contribution in [3.8, 4) is 0 Å². The predicted octanol–water partition coefficient (Wildman–Crippen LogP) is 1.89. The molecule has 5 heteroatoms. The van der Waals surface area contributed by atoms with Crippen LogP contribution in [-0.4, -0.2) is 10.5 Å². The Morgan fingerprint density at radius 1 is 1.50 bits per heavy atom. The number of thiazole rings is 1. The van der Waals surface area contributed by atoms with Crippen LogP contribution in [0.4, 0.5) is 0 Å². The highest BCUT2D eigenvalue weighted by Crippen LogP contribution is 2.18. The molecule has 4 nitrogen and oxygen atoms in total. The third kappa shape index (κ3) is 1.99. The molecular weight excluding hydrogens is 226 g/mol. The van der Waals surface area contributed by atoms with E-state index >= 15 is 0 Å². The molecule has 0 aliphatic carbocycles. The molecule has 84 valence electrons. The highest BCUT2D eigenvalue weighted by molar-refractivity contribution is 7.16. The maximum absolute atomic E-state index is 11.7. The van der Waals surface area contributed by atoms with E-state index in [1.807, 2.05) is 25.1 Å². The number of hydrogen-bond acceptors (Lipinski definition) is 4. The lowest BCUT2D eigenvalue weighted by Crippen LogP contribution is -2.16. The Labute approximate surface area is 96.1 Å². The number of ether oxygens (including phenoxy) is 1. The molecule has 0 aliphatic heterocycles. The van der Waals surface area contributed by atoms with Gasteiger partial charge in [-0.15, -0.1) is 0 Å².